The first kappa shape index (κ1) is 8.89. The van der Waals surface area contributed by atoms with Crippen molar-refractivity contribution in [2.75, 3.05) is 13.2 Å². The largest absolute Gasteiger partial charge is 0.371 e. The van der Waals surface area contributed by atoms with Gasteiger partial charge in [0.05, 0.1) is 12.7 Å². The smallest absolute Gasteiger partial charge is 0.0958 e. The lowest BCUT2D eigenvalue weighted by molar-refractivity contribution is -0.0212. The number of hydrogen-bond acceptors (Lipinski definition) is 3. The van der Waals surface area contributed by atoms with Crippen molar-refractivity contribution in [3.8, 4) is 0 Å². The van der Waals surface area contributed by atoms with E-state index in [0.717, 1.165) is 6.61 Å². The van der Waals surface area contributed by atoms with Crippen LogP contribution in [0.2, 0.25) is 0 Å². The highest BCUT2D eigenvalue weighted by molar-refractivity contribution is 7.10. The molecular weight excluding hydrogens is 194 g/mol. The second kappa shape index (κ2) is 3.05. The van der Waals surface area contributed by atoms with Gasteiger partial charge in [-0.3, -0.25) is 0 Å². The van der Waals surface area contributed by atoms with Gasteiger partial charge in [-0.15, -0.1) is 11.3 Å². The summed E-state index contributed by atoms with van der Waals surface area (Å²) in [6.45, 7) is 1.50. The summed E-state index contributed by atoms with van der Waals surface area (Å²) in [6.07, 6.45) is 4.12. The molecule has 1 aliphatic heterocycles. The Balaban J connectivity index is 2.03. The second-order valence-electron chi connectivity index (χ2n) is 4.37. The van der Waals surface area contributed by atoms with Gasteiger partial charge in [0.15, 0.2) is 0 Å². The van der Waals surface area contributed by atoms with Crippen LogP contribution in [-0.2, 0) is 10.2 Å². The predicted octanol–water partition coefficient (Wildman–Crippen LogP) is 2.20. The maximum absolute atomic E-state index is 5.85. The van der Waals surface area contributed by atoms with Crippen LogP contribution in [-0.4, -0.2) is 13.2 Å². The standard InChI is InChI=1S/C11H15NOS/c12-6-9-8-2-5-14-10(8)11(7-13-9)3-1-4-11/h2,5,9H,1,3-4,6-7,12H2. The molecule has 0 radical (unpaired) electrons. The SMILES string of the molecule is NCC1OCC2(CCC2)c2sccc21. The van der Waals surface area contributed by atoms with Crippen molar-refractivity contribution in [3.05, 3.63) is 21.9 Å². The molecule has 0 bridgehead atoms. The van der Waals surface area contributed by atoms with E-state index in [1.165, 1.54) is 24.8 Å². The maximum atomic E-state index is 5.85. The molecular formula is C11H15NOS. The van der Waals surface area contributed by atoms with E-state index in [4.69, 9.17) is 10.5 Å². The fraction of sp³-hybridized carbons (Fsp3) is 0.636. The van der Waals surface area contributed by atoms with Crippen molar-refractivity contribution >= 4 is 11.3 Å². The third-order valence-electron chi connectivity index (χ3n) is 3.61. The normalized spacial score (nSPS) is 28.5. The van der Waals surface area contributed by atoms with Gasteiger partial charge in [-0.2, -0.15) is 0 Å². The second-order valence-corrected chi connectivity index (χ2v) is 5.29. The van der Waals surface area contributed by atoms with E-state index >= 15 is 0 Å². The molecule has 1 unspecified atom stereocenters. The molecule has 2 aliphatic rings. The Morgan fingerprint density at radius 3 is 3.07 bits per heavy atom. The lowest BCUT2D eigenvalue weighted by Crippen LogP contribution is -2.43. The van der Waals surface area contributed by atoms with Crippen LogP contribution in [0.3, 0.4) is 0 Å². The van der Waals surface area contributed by atoms with Crippen molar-refractivity contribution in [3.63, 3.8) is 0 Å². The van der Waals surface area contributed by atoms with Crippen LogP contribution in [0.4, 0.5) is 0 Å². The molecule has 1 aromatic heterocycles. The van der Waals surface area contributed by atoms with E-state index < -0.39 is 0 Å². The van der Waals surface area contributed by atoms with Crippen LogP contribution in [0.1, 0.15) is 35.8 Å². The highest BCUT2D eigenvalue weighted by Gasteiger charge is 2.45. The summed E-state index contributed by atoms with van der Waals surface area (Å²) in [5.41, 5.74) is 7.45. The van der Waals surface area contributed by atoms with Gasteiger partial charge < -0.3 is 10.5 Å². The average Bonchev–Trinajstić information content (AvgIpc) is 2.62. The third kappa shape index (κ3) is 1.03. The summed E-state index contributed by atoms with van der Waals surface area (Å²) in [5, 5.41) is 2.18. The van der Waals surface area contributed by atoms with Crippen LogP contribution in [0.5, 0.6) is 0 Å². The zero-order valence-corrected chi connectivity index (χ0v) is 8.98. The third-order valence-corrected chi connectivity index (χ3v) is 4.79. The molecule has 2 N–H and O–H groups in total. The molecule has 1 aromatic rings. The molecule has 14 heavy (non-hydrogen) atoms. The van der Waals surface area contributed by atoms with E-state index in [-0.39, 0.29) is 6.10 Å². The Kier molecular flexibility index (Phi) is 1.94. The molecule has 1 saturated carbocycles. The van der Waals surface area contributed by atoms with Gasteiger partial charge in [0, 0.05) is 16.8 Å². The number of fused-ring (bicyclic) bond motifs is 2. The molecule has 1 aliphatic carbocycles. The molecule has 2 heterocycles. The summed E-state index contributed by atoms with van der Waals surface area (Å²) in [4.78, 5) is 1.56. The highest BCUT2D eigenvalue weighted by Crippen LogP contribution is 2.51. The molecule has 1 spiro atoms. The van der Waals surface area contributed by atoms with Crippen molar-refractivity contribution < 1.29 is 4.74 Å². The highest BCUT2D eigenvalue weighted by atomic mass is 32.1. The predicted molar refractivity (Wildman–Crippen MR) is 57.6 cm³/mol. The molecule has 0 aromatic carbocycles. The van der Waals surface area contributed by atoms with Crippen molar-refractivity contribution in [2.45, 2.75) is 30.8 Å². The fourth-order valence-electron chi connectivity index (χ4n) is 2.59. The van der Waals surface area contributed by atoms with Crippen LogP contribution in [0, 0.1) is 0 Å². The Morgan fingerprint density at radius 2 is 2.43 bits per heavy atom. The van der Waals surface area contributed by atoms with Gasteiger partial charge in [-0.25, -0.2) is 0 Å². The minimum absolute atomic E-state index is 0.155. The first-order chi connectivity index (χ1) is 6.86. The zero-order valence-electron chi connectivity index (χ0n) is 8.16. The molecule has 76 valence electrons. The molecule has 2 nitrogen and oxygen atoms in total. The molecule has 1 atom stereocenters. The quantitative estimate of drug-likeness (QED) is 0.769. The summed E-state index contributed by atoms with van der Waals surface area (Å²) >= 11 is 1.89. The van der Waals surface area contributed by atoms with E-state index in [1.54, 1.807) is 4.88 Å². The zero-order chi connectivity index (χ0) is 9.60. The Bertz CT molecular complexity index is 343. The topological polar surface area (TPSA) is 35.2 Å². The molecule has 0 saturated heterocycles. The monoisotopic (exact) mass is 209 g/mol. The summed E-state index contributed by atoms with van der Waals surface area (Å²) in [5.74, 6) is 0. The van der Waals surface area contributed by atoms with Crippen molar-refractivity contribution in [1.29, 1.82) is 0 Å². The van der Waals surface area contributed by atoms with Crippen LogP contribution >= 0.6 is 11.3 Å². The van der Waals surface area contributed by atoms with Gasteiger partial charge in [0.1, 0.15) is 0 Å². The minimum Gasteiger partial charge on any atom is -0.371 e. The van der Waals surface area contributed by atoms with Gasteiger partial charge >= 0.3 is 0 Å². The first-order valence-corrected chi connectivity index (χ1v) is 6.13. The molecule has 0 amide bonds. The van der Waals surface area contributed by atoms with Crippen LogP contribution in [0.25, 0.3) is 0 Å². The first-order valence-electron chi connectivity index (χ1n) is 5.25. The maximum Gasteiger partial charge on any atom is 0.0958 e. The number of ether oxygens (including phenoxy) is 1. The summed E-state index contributed by atoms with van der Waals surface area (Å²) in [7, 11) is 0. The Morgan fingerprint density at radius 1 is 1.57 bits per heavy atom. The van der Waals surface area contributed by atoms with Crippen molar-refractivity contribution in [1.82, 2.24) is 0 Å². The molecule has 3 rings (SSSR count). The van der Waals surface area contributed by atoms with E-state index in [1.807, 2.05) is 11.3 Å². The molecule has 3 heteroatoms. The summed E-state index contributed by atoms with van der Waals surface area (Å²) in [6, 6.07) is 2.19. The number of hydrogen-bond donors (Lipinski definition) is 1. The Hall–Kier alpha value is -0.380. The fourth-order valence-corrected chi connectivity index (χ4v) is 3.79. The number of thiophene rings is 1. The van der Waals surface area contributed by atoms with Gasteiger partial charge in [0.2, 0.25) is 0 Å². The minimum atomic E-state index is 0.155. The van der Waals surface area contributed by atoms with E-state index in [0.29, 0.717) is 12.0 Å². The summed E-state index contributed by atoms with van der Waals surface area (Å²) < 4.78 is 5.85. The lowest BCUT2D eigenvalue weighted by atomic mass is 9.66. The lowest BCUT2D eigenvalue weighted by Gasteiger charge is -2.46. The van der Waals surface area contributed by atoms with Gasteiger partial charge in [0.25, 0.3) is 0 Å². The van der Waals surface area contributed by atoms with Crippen molar-refractivity contribution in [2.24, 2.45) is 5.73 Å². The number of nitrogens with two attached hydrogens (primary N) is 1. The van der Waals surface area contributed by atoms with Gasteiger partial charge in [-0.1, -0.05) is 6.42 Å². The molecule has 1 fully saturated rings. The average molecular weight is 209 g/mol. The number of rotatable bonds is 1. The van der Waals surface area contributed by atoms with Crippen LogP contribution < -0.4 is 5.73 Å². The van der Waals surface area contributed by atoms with Gasteiger partial charge in [-0.05, 0) is 29.9 Å². The Labute approximate surface area is 88.1 Å². The van der Waals surface area contributed by atoms with E-state index in [9.17, 15) is 0 Å². The van der Waals surface area contributed by atoms with Crippen LogP contribution in [0.15, 0.2) is 11.4 Å². The van der Waals surface area contributed by atoms with E-state index in [2.05, 4.69) is 11.4 Å².